The summed E-state index contributed by atoms with van der Waals surface area (Å²) in [6.45, 7) is 3.08. The number of hydrogen-bond donors (Lipinski definition) is 0. The Balaban J connectivity index is 1.95. The molecule has 0 radical (unpaired) electrons. The number of thioether (sulfide) groups is 1. The number of ether oxygens (including phenoxy) is 1. The molecule has 0 aromatic rings. The third-order valence-corrected chi connectivity index (χ3v) is 6.66. The first kappa shape index (κ1) is 12.5. The molecule has 0 aromatic carbocycles. The minimum Gasteiger partial charge on any atom is -0.398 e. The molecule has 1 atom stereocenters. The van der Waals surface area contributed by atoms with Gasteiger partial charge in [-0.25, -0.2) is 0 Å². The molecular weight excluding hydrogens is 216 g/mol. The second-order valence-electron chi connectivity index (χ2n) is 3.68. The second-order valence-corrected chi connectivity index (χ2v) is 8.41. The van der Waals surface area contributed by atoms with E-state index in [2.05, 4.69) is 6.55 Å². The SMILES string of the molecule is CO[Si](C)(CCCSCC1CO1)OC. The number of rotatable bonds is 8. The third-order valence-electron chi connectivity index (χ3n) is 2.49. The van der Waals surface area contributed by atoms with Crippen LogP contribution < -0.4 is 0 Å². The van der Waals surface area contributed by atoms with Crippen molar-refractivity contribution in [2.75, 3.05) is 32.3 Å². The van der Waals surface area contributed by atoms with Gasteiger partial charge in [0.15, 0.2) is 0 Å². The summed E-state index contributed by atoms with van der Waals surface area (Å²) in [5.41, 5.74) is 0. The fraction of sp³-hybridized carbons (Fsp3) is 1.00. The van der Waals surface area contributed by atoms with E-state index >= 15 is 0 Å². The standard InChI is InChI=1S/C9H20O3SSi/c1-10-14(3,11-2)6-4-5-13-8-9-7-12-9/h9H,4-8H2,1-3H3. The monoisotopic (exact) mass is 236 g/mol. The molecule has 84 valence electrons. The van der Waals surface area contributed by atoms with Crippen LogP contribution in [0.15, 0.2) is 0 Å². The van der Waals surface area contributed by atoms with Gasteiger partial charge >= 0.3 is 8.56 Å². The lowest BCUT2D eigenvalue weighted by Crippen LogP contribution is -2.35. The largest absolute Gasteiger partial charge is 0.398 e. The molecule has 0 saturated carbocycles. The van der Waals surface area contributed by atoms with E-state index in [0.717, 1.165) is 18.4 Å². The Hall–Kier alpha value is 0.447. The van der Waals surface area contributed by atoms with Gasteiger partial charge in [0, 0.05) is 20.0 Å². The van der Waals surface area contributed by atoms with Crippen molar-refractivity contribution >= 4 is 20.3 Å². The van der Waals surface area contributed by atoms with Crippen molar-refractivity contribution in [2.45, 2.75) is 25.1 Å². The van der Waals surface area contributed by atoms with Crippen molar-refractivity contribution in [1.82, 2.24) is 0 Å². The van der Waals surface area contributed by atoms with E-state index in [-0.39, 0.29) is 0 Å². The average molecular weight is 236 g/mol. The minimum atomic E-state index is -1.80. The molecule has 0 N–H and O–H groups in total. The van der Waals surface area contributed by atoms with Gasteiger partial charge in [-0.15, -0.1) is 0 Å². The van der Waals surface area contributed by atoms with Gasteiger partial charge in [-0.1, -0.05) is 0 Å². The smallest absolute Gasteiger partial charge is 0.334 e. The molecule has 1 aliphatic heterocycles. The molecule has 0 aliphatic carbocycles. The highest BCUT2D eigenvalue weighted by molar-refractivity contribution is 7.99. The maximum Gasteiger partial charge on any atom is 0.334 e. The summed E-state index contributed by atoms with van der Waals surface area (Å²) < 4.78 is 16.0. The number of epoxide rings is 1. The Morgan fingerprint density at radius 1 is 1.43 bits per heavy atom. The highest BCUT2D eigenvalue weighted by atomic mass is 32.2. The topological polar surface area (TPSA) is 31.0 Å². The Morgan fingerprint density at radius 2 is 2.07 bits per heavy atom. The third kappa shape index (κ3) is 4.79. The highest BCUT2D eigenvalue weighted by Gasteiger charge is 2.28. The Morgan fingerprint density at radius 3 is 2.57 bits per heavy atom. The van der Waals surface area contributed by atoms with Crippen LogP contribution in [-0.2, 0) is 13.6 Å². The van der Waals surface area contributed by atoms with Gasteiger partial charge in [0.1, 0.15) is 0 Å². The zero-order valence-corrected chi connectivity index (χ0v) is 11.1. The van der Waals surface area contributed by atoms with E-state index in [1.54, 1.807) is 14.2 Å². The van der Waals surface area contributed by atoms with E-state index in [9.17, 15) is 0 Å². The second kappa shape index (κ2) is 6.12. The van der Waals surface area contributed by atoms with Crippen LogP contribution in [0.2, 0.25) is 12.6 Å². The molecule has 1 saturated heterocycles. The van der Waals surface area contributed by atoms with Crippen LogP contribution in [0.5, 0.6) is 0 Å². The van der Waals surface area contributed by atoms with Crippen molar-refractivity contribution in [2.24, 2.45) is 0 Å². The van der Waals surface area contributed by atoms with Crippen LogP contribution in [-0.4, -0.2) is 47.0 Å². The molecule has 1 fully saturated rings. The molecule has 5 heteroatoms. The molecule has 1 rings (SSSR count). The van der Waals surface area contributed by atoms with Crippen LogP contribution in [0.25, 0.3) is 0 Å². The summed E-state index contributed by atoms with van der Waals surface area (Å²) >= 11 is 1.97. The molecule has 0 aromatic heterocycles. The summed E-state index contributed by atoms with van der Waals surface area (Å²) in [4.78, 5) is 0. The maximum atomic E-state index is 5.41. The summed E-state index contributed by atoms with van der Waals surface area (Å²) in [6, 6.07) is 1.08. The summed E-state index contributed by atoms with van der Waals surface area (Å²) in [7, 11) is 1.70. The van der Waals surface area contributed by atoms with Crippen molar-refractivity contribution in [1.29, 1.82) is 0 Å². The predicted octanol–water partition coefficient (Wildman–Crippen LogP) is 1.87. The lowest BCUT2D eigenvalue weighted by Gasteiger charge is -2.22. The van der Waals surface area contributed by atoms with E-state index in [1.807, 2.05) is 11.8 Å². The molecule has 1 unspecified atom stereocenters. The zero-order valence-electron chi connectivity index (χ0n) is 9.25. The normalized spacial score (nSPS) is 21.2. The molecular formula is C9H20O3SSi. The average Bonchev–Trinajstić information content (AvgIpc) is 3.01. The van der Waals surface area contributed by atoms with Gasteiger partial charge in [0.05, 0.1) is 12.7 Å². The summed E-state index contributed by atoms with van der Waals surface area (Å²) in [6.07, 6.45) is 1.73. The van der Waals surface area contributed by atoms with Crippen LogP contribution in [0.1, 0.15) is 6.42 Å². The summed E-state index contributed by atoms with van der Waals surface area (Å²) in [5, 5.41) is 0. The van der Waals surface area contributed by atoms with E-state index in [0.29, 0.717) is 6.10 Å². The molecule has 1 aliphatic rings. The predicted molar refractivity (Wildman–Crippen MR) is 62.1 cm³/mol. The van der Waals surface area contributed by atoms with Crippen molar-refractivity contribution < 1.29 is 13.6 Å². The molecule has 14 heavy (non-hydrogen) atoms. The van der Waals surface area contributed by atoms with Crippen LogP contribution in [0, 0.1) is 0 Å². The van der Waals surface area contributed by atoms with Gasteiger partial charge in [-0.3, -0.25) is 0 Å². The van der Waals surface area contributed by atoms with E-state index in [4.69, 9.17) is 13.6 Å². The molecule has 0 amide bonds. The Bertz CT molecular complexity index is 160. The van der Waals surface area contributed by atoms with E-state index < -0.39 is 8.56 Å². The van der Waals surface area contributed by atoms with Gasteiger partial charge in [0.2, 0.25) is 0 Å². The highest BCUT2D eigenvalue weighted by Crippen LogP contribution is 2.19. The van der Waals surface area contributed by atoms with Gasteiger partial charge in [0.25, 0.3) is 0 Å². The Kier molecular flexibility index (Phi) is 5.47. The van der Waals surface area contributed by atoms with Gasteiger partial charge in [-0.2, -0.15) is 11.8 Å². The first-order valence-electron chi connectivity index (χ1n) is 5.00. The maximum absolute atomic E-state index is 5.41. The zero-order chi connectivity index (χ0) is 10.4. The molecule has 0 spiro atoms. The number of hydrogen-bond acceptors (Lipinski definition) is 4. The van der Waals surface area contributed by atoms with E-state index in [1.165, 1.54) is 12.2 Å². The van der Waals surface area contributed by atoms with Crippen molar-refractivity contribution in [3.05, 3.63) is 0 Å². The molecule has 3 nitrogen and oxygen atoms in total. The fourth-order valence-electron chi connectivity index (χ4n) is 1.16. The van der Waals surface area contributed by atoms with Crippen LogP contribution in [0.4, 0.5) is 0 Å². The summed E-state index contributed by atoms with van der Waals surface area (Å²) in [5.74, 6) is 2.34. The minimum absolute atomic E-state index is 0.550. The molecule has 0 bridgehead atoms. The van der Waals surface area contributed by atoms with Gasteiger partial charge < -0.3 is 13.6 Å². The lowest BCUT2D eigenvalue weighted by molar-refractivity contribution is 0.249. The quantitative estimate of drug-likeness (QED) is 0.366. The molecule has 1 heterocycles. The first-order chi connectivity index (χ1) is 6.70. The van der Waals surface area contributed by atoms with Crippen LogP contribution >= 0.6 is 11.8 Å². The fourth-order valence-corrected chi connectivity index (χ4v) is 3.78. The van der Waals surface area contributed by atoms with Crippen molar-refractivity contribution in [3.8, 4) is 0 Å². The first-order valence-corrected chi connectivity index (χ1v) is 8.67. The Labute approximate surface area is 91.7 Å². The van der Waals surface area contributed by atoms with Gasteiger partial charge in [-0.05, 0) is 24.8 Å². The van der Waals surface area contributed by atoms with Crippen molar-refractivity contribution in [3.63, 3.8) is 0 Å². The van der Waals surface area contributed by atoms with Crippen LogP contribution in [0.3, 0.4) is 0 Å². The lowest BCUT2D eigenvalue weighted by atomic mass is 10.6.